The predicted molar refractivity (Wildman–Crippen MR) is 84.6 cm³/mol. The number of ether oxygens (including phenoxy) is 1. The minimum atomic E-state index is -0.374. The molecule has 0 aliphatic carbocycles. The molecule has 0 atom stereocenters. The minimum absolute atomic E-state index is 0.138. The van der Waals surface area contributed by atoms with Crippen LogP contribution in [0.3, 0.4) is 0 Å². The number of hydrogen-bond acceptors (Lipinski definition) is 4. The van der Waals surface area contributed by atoms with Gasteiger partial charge in [-0.15, -0.1) is 0 Å². The highest BCUT2D eigenvalue weighted by atomic mass is 127. The molecule has 19 heavy (non-hydrogen) atoms. The molecule has 0 unspecified atom stereocenters. The second kappa shape index (κ2) is 8.31. The van der Waals surface area contributed by atoms with Gasteiger partial charge in [0, 0.05) is 24.9 Å². The summed E-state index contributed by atoms with van der Waals surface area (Å²) in [5, 5.41) is 13.9. The summed E-state index contributed by atoms with van der Waals surface area (Å²) in [6.07, 6.45) is 1.06. The summed E-state index contributed by atoms with van der Waals surface area (Å²) in [6.45, 7) is 6.45. The molecule has 0 bridgehead atoms. The Morgan fingerprint density at radius 1 is 1.42 bits per heavy atom. The maximum Gasteiger partial charge on any atom is 0.282 e. The van der Waals surface area contributed by atoms with Gasteiger partial charge in [-0.25, -0.2) is 0 Å². The second-order valence-corrected chi connectivity index (χ2v) is 5.81. The lowest BCUT2D eigenvalue weighted by Crippen LogP contribution is -2.11. The molecule has 0 saturated heterocycles. The van der Waals surface area contributed by atoms with E-state index in [1.807, 2.05) is 22.6 Å². The van der Waals surface area contributed by atoms with Gasteiger partial charge in [-0.3, -0.25) is 10.1 Å². The topological polar surface area (TPSA) is 64.4 Å². The van der Waals surface area contributed by atoms with E-state index in [4.69, 9.17) is 4.74 Å². The Kier molecular flexibility index (Phi) is 7.07. The van der Waals surface area contributed by atoms with E-state index in [9.17, 15) is 10.1 Å². The highest BCUT2D eigenvalue weighted by Crippen LogP contribution is 2.23. The van der Waals surface area contributed by atoms with Crippen LogP contribution in [0.15, 0.2) is 18.2 Å². The zero-order chi connectivity index (χ0) is 14.3. The summed E-state index contributed by atoms with van der Waals surface area (Å²) in [6, 6.07) is 5.00. The molecule has 0 amide bonds. The zero-order valence-corrected chi connectivity index (χ0v) is 13.3. The first-order valence-electron chi connectivity index (χ1n) is 6.26. The van der Waals surface area contributed by atoms with Crippen molar-refractivity contribution >= 4 is 34.0 Å². The summed E-state index contributed by atoms with van der Waals surface area (Å²) < 4.78 is 6.12. The highest BCUT2D eigenvalue weighted by molar-refractivity contribution is 14.1. The van der Waals surface area contributed by atoms with Crippen molar-refractivity contribution in [1.29, 1.82) is 0 Å². The molecule has 0 heterocycles. The van der Waals surface area contributed by atoms with Gasteiger partial charge in [-0.1, -0.05) is 13.8 Å². The number of halogens is 1. The Bertz CT molecular complexity index is 424. The quantitative estimate of drug-likeness (QED) is 0.325. The lowest BCUT2D eigenvalue weighted by Gasteiger charge is -2.09. The minimum Gasteiger partial charge on any atom is -0.383 e. The summed E-state index contributed by atoms with van der Waals surface area (Å²) >= 11 is 1.97. The molecule has 0 aliphatic heterocycles. The van der Waals surface area contributed by atoms with E-state index < -0.39 is 0 Å². The fourth-order valence-electron chi connectivity index (χ4n) is 1.45. The van der Waals surface area contributed by atoms with E-state index in [-0.39, 0.29) is 10.6 Å². The number of nitrogens with one attached hydrogen (secondary N) is 1. The normalized spacial score (nSPS) is 10.7. The highest BCUT2D eigenvalue weighted by Gasteiger charge is 2.11. The molecule has 0 fully saturated rings. The van der Waals surface area contributed by atoms with Gasteiger partial charge < -0.3 is 10.1 Å². The van der Waals surface area contributed by atoms with Gasteiger partial charge in [-0.2, -0.15) is 0 Å². The lowest BCUT2D eigenvalue weighted by atomic mass is 10.1. The summed E-state index contributed by atoms with van der Waals surface area (Å²) in [5.74, 6) is 0.657. The average Bonchev–Trinajstić information content (AvgIpc) is 2.32. The third kappa shape index (κ3) is 6.20. The van der Waals surface area contributed by atoms with E-state index in [1.54, 1.807) is 12.1 Å². The Morgan fingerprint density at radius 2 is 2.16 bits per heavy atom. The Labute approximate surface area is 127 Å². The number of rotatable bonds is 8. The third-order valence-electron chi connectivity index (χ3n) is 2.56. The first-order valence-corrected chi connectivity index (χ1v) is 7.34. The average molecular weight is 378 g/mol. The van der Waals surface area contributed by atoms with Crippen LogP contribution >= 0.6 is 22.6 Å². The van der Waals surface area contributed by atoms with E-state index >= 15 is 0 Å². The number of nitrogens with zero attached hydrogens (tertiary/aromatic N) is 1. The van der Waals surface area contributed by atoms with Crippen molar-refractivity contribution in [2.45, 2.75) is 20.3 Å². The molecular formula is C13H19IN2O3. The third-order valence-corrected chi connectivity index (χ3v) is 3.42. The van der Waals surface area contributed by atoms with E-state index in [1.165, 1.54) is 6.07 Å². The standard InChI is InChI=1S/C13H19IN2O3/c1-10(2)5-7-19-8-6-15-11-3-4-13(16(17)18)12(14)9-11/h3-4,9-10,15H,5-8H2,1-2H3. The molecule has 1 rings (SSSR count). The number of anilines is 1. The van der Waals surface area contributed by atoms with E-state index in [2.05, 4.69) is 19.2 Å². The Balaban J connectivity index is 2.30. The fraction of sp³-hybridized carbons (Fsp3) is 0.538. The van der Waals surface area contributed by atoms with Crippen molar-refractivity contribution in [3.63, 3.8) is 0 Å². The van der Waals surface area contributed by atoms with Gasteiger partial charge in [0.15, 0.2) is 0 Å². The molecule has 0 spiro atoms. The van der Waals surface area contributed by atoms with Crippen molar-refractivity contribution in [2.75, 3.05) is 25.1 Å². The molecule has 6 heteroatoms. The van der Waals surface area contributed by atoms with Crippen LogP contribution in [0, 0.1) is 19.6 Å². The van der Waals surface area contributed by atoms with Crippen LogP contribution in [0.5, 0.6) is 0 Å². The smallest absolute Gasteiger partial charge is 0.282 e. The summed E-state index contributed by atoms with van der Waals surface area (Å²) in [7, 11) is 0. The number of nitro groups is 1. The van der Waals surface area contributed by atoms with Crippen LogP contribution in [0.1, 0.15) is 20.3 Å². The van der Waals surface area contributed by atoms with Gasteiger partial charge in [0.05, 0.1) is 15.1 Å². The van der Waals surface area contributed by atoms with Crippen molar-refractivity contribution in [3.8, 4) is 0 Å². The maximum absolute atomic E-state index is 10.7. The van der Waals surface area contributed by atoms with Gasteiger partial charge in [0.2, 0.25) is 0 Å². The van der Waals surface area contributed by atoms with Gasteiger partial charge in [0.25, 0.3) is 5.69 Å². The second-order valence-electron chi connectivity index (χ2n) is 4.64. The maximum atomic E-state index is 10.7. The van der Waals surface area contributed by atoms with Crippen molar-refractivity contribution in [1.82, 2.24) is 0 Å². The SMILES string of the molecule is CC(C)CCOCCNc1ccc([N+](=O)[O-])c(I)c1. The fourth-order valence-corrected chi connectivity index (χ4v) is 2.17. The number of hydrogen-bond donors (Lipinski definition) is 1. The molecule has 5 nitrogen and oxygen atoms in total. The molecule has 106 valence electrons. The van der Waals surface area contributed by atoms with Crippen molar-refractivity contribution in [2.24, 2.45) is 5.92 Å². The van der Waals surface area contributed by atoms with Crippen LogP contribution < -0.4 is 5.32 Å². The van der Waals surface area contributed by atoms with E-state index in [0.29, 0.717) is 22.6 Å². The van der Waals surface area contributed by atoms with Crippen LogP contribution in [-0.2, 0) is 4.74 Å². The molecule has 0 aromatic heterocycles. The number of benzene rings is 1. The first-order chi connectivity index (χ1) is 9.00. The lowest BCUT2D eigenvalue weighted by molar-refractivity contribution is -0.385. The van der Waals surface area contributed by atoms with Crippen LogP contribution in [0.2, 0.25) is 0 Å². The molecule has 1 N–H and O–H groups in total. The van der Waals surface area contributed by atoms with Crippen molar-refractivity contribution < 1.29 is 9.66 Å². The molecule has 0 radical (unpaired) electrons. The van der Waals surface area contributed by atoms with Crippen LogP contribution in [0.25, 0.3) is 0 Å². The molecule has 0 saturated carbocycles. The molecule has 1 aromatic rings. The molecule has 1 aromatic carbocycles. The van der Waals surface area contributed by atoms with Crippen molar-refractivity contribution in [3.05, 3.63) is 31.9 Å². The van der Waals surface area contributed by atoms with Gasteiger partial charge in [-0.05, 0) is 47.1 Å². The van der Waals surface area contributed by atoms with Gasteiger partial charge in [0.1, 0.15) is 0 Å². The summed E-state index contributed by atoms with van der Waals surface area (Å²) in [5.41, 5.74) is 1.02. The van der Waals surface area contributed by atoms with Crippen LogP contribution in [0.4, 0.5) is 11.4 Å². The first kappa shape index (κ1) is 16.2. The zero-order valence-electron chi connectivity index (χ0n) is 11.2. The Hall–Kier alpha value is -0.890. The Morgan fingerprint density at radius 3 is 2.74 bits per heavy atom. The van der Waals surface area contributed by atoms with E-state index in [0.717, 1.165) is 18.7 Å². The largest absolute Gasteiger partial charge is 0.383 e. The number of nitro benzene ring substituents is 1. The molecular weight excluding hydrogens is 359 g/mol. The molecule has 0 aliphatic rings. The van der Waals surface area contributed by atoms with Crippen LogP contribution in [-0.4, -0.2) is 24.7 Å². The monoisotopic (exact) mass is 378 g/mol. The predicted octanol–water partition coefficient (Wildman–Crippen LogP) is 3.67. The summed E-state index contributed by atoms with van der Waals surface area (Å²) in [4.78, 5) is 10.3. The van der Waals surface area contributed by atoms with Gasteiger partial charge >= 0.3 is 0 Å².